The molecule has 2 amide bonds. The molecule has 0 spiro atoms. The third-order valence-corrected chi connectivity index (χ3v) is 6.50. The molecule has 148 valence electrons. The van der Waals surface area contributed by atoms with Gasteiger partial charge in [-0.05, 0) is 51.9 Å². The van der Waals surface area contributed by atoms with Crippen LogP contribution in [0.25, 0.3) is 0 Å². The molecule has 8 heteroatoms. The Morgan fingerprint density at radius 3 is 2.50 bits per heavy atom. The second-order valence-corrected chi connectivity index (χ2v) is 8.28. The summed E-state index contributed by atoms with van der Waals surface area (Å²) in [6.07, 6.45) is 5.12. The number of likely N-dealkylation sites (tertiary alicyclic amines) is 1. The van der Waals surface area contributed by atoms with Crippen LogP contribution in [0.4, 0.5) is 4.39 Å². The molecule has 2 N–H and O–H groups in total. The molecule has 1 saturated carbocycles. The summed E-state index contributed by atoms with van der Waals surface area (Å²) in [6, 6.07) is 4.93. The predicted octanol–water partition coefficient (Wildman–Crippen LogP) is 2.06. The second-order valence-electron chi connectivity index (χ2n) is 7.43. The monoisotopic (exact) mass is 448 g/mol. The molecule has 4 unspecified atom stereocenters. The largest absolute Gasteiger partial charge is 0.355 e. The van der Waals surface area contributed by atoms with E-state index in [1.165, 1.54) is 11.0 Å². The first-order chi connectivity index (χ1) is 13.5. The summed E-state index contributed by atoms with van der Waals surface area (Å²) in [4.78, 5) is 30.8. The molecule has 0 aromatic heterocycles. The van der Waals surface area contributed by atoms with Crippen LogP contribution in [0.3, 0.4) is 0 Å². The van der Waals surface area contributed by atoms with Crippen molar-refractivity contribution in [2.75, 3.05) is 20.1 Å². The standard InChI is InChI=1S/C20H22BrFN4O2/c1-23-20(25-10-11-2-5-14(21)15(22)8-11)24-6-7-26-18(27)16-12-3-4-13(9-12)17(16)19(26)28/h2-5,8,12-13,16-17H,6-7,9-10H2,1H3,(H2,23,24,25). The molecule has 2 bridgehead atoms. The van der Waals surface area contributed by atoms with Crippen molar-refractivity contribution in [2.24, 2.45) is 28.7 Å². The van der Waals surface area contributed by atoms with E-state index in [9.17, 15) is 14.0 Å². The molecule has 1 aromatic rings. The number of halogens is 2. The molecule has 1 aromatic carbocycles. The zero-order chi connectivity index (χ0) is 19.8. The topological polar surface area (TPSA) is 73.8 Å². The lowest BCUT2D eigenvalue weighted by Gasteiger charge is -2.18. The Balaban J connectivity index is 1.28. The van der Waals surface area contributed by atoms with E-state index in [-0.39, 0.29) is 41.3 Å². The Morgan fingerprint density at radius 2 is 1.89 bits per heavy atom. The lowest BCUT2D eigenvalue weighted by Crippen LogP contribution is -2.43. The highest BCUT2D eigenvalue weighted by molar-refractivity contribution is 9.10. The van der Waals surface area contributed by atoms with Crippen LogP contribution >= 0.6 is 15.9 Å². The average molecular weight is 449 g/mol. The van der Waals surface area contributed by atoms with Gasteiger partial charge in [0.05, 0.1) is 16.3 Å². The van der Waals surface area contributed by atoms with E-state index in [0.29, 0.717) is 30.1 Å². The van der Waals surface area contributed by atoms with Crippen molar-refractivity contribution in [1.82, 2.24) is 15.5 Å². The summed E-state index contributed by atoms with van der Waals surface area (Å²) in [6.45, 7) is 1.14. The quantitative estimate of drug-likeness (QED) is 0.313. The van der Waals surface area contributed by atoms with E-state index in [1.807, 2.05) is 6.07 Å². The second kappa shape index (κ2) is 7.66. The Labute approximate surface area is 171 Å². The van der Waals surface area contributed by atoms with Gasteiger partial charge in [0.2, 0.25) is 11.8 Å². The van der Waals surface area contributed by atoms with Gasteiger partial charge in [0, 0.05) is 26.7 Å². The van der Waals surface area contributed by atoms with Gasteiger partial charge in [-0.1, -0.05) is 18.2 Å². The number of nitrogens with one attached hydrogen (secondary N) is 2. The number of carbonyl (C=O) groups excluding carboxylic acids is 2. The number of allylic oxidation sites excluding steroid dienone is 2. The van der Waals surface area contributed by atoms with Crippen molar-refractivity contribution in [3.63, 3.8) is 0 Å². The van der Waals surface area contributed by atoms with Crippen LogP contribution in [0.1, 0.15) is 12.0 Å². The Kier molecular flexibility index (Phi) is 5.23. The zero-order valence-electron chi connectivity index (χ0n) is 15.5. The van der Waals surface area contributed by atoms with Crippen LogP contribution in [-0.4, -0.2) is 42.8 Å². The van der Waals surface area contributed by atoms with Crippen molar-refractivity contribution in [3.05, 3.63) is 46.2 Å². The highest BCUT2D eigenvalue weighted by Crippen LogP contribution is 2.52. The maximum Gasteiger partial charge on any atom is 0.233 e. The van der Waals surface area contributed by atoms with Crippen LogP contribution < -0.4 is 10.6 Å². The van der Waals surface area contributed by atoms with E-state index < -0.39 is 0 Å². The smallest absolute Gasteiger partial charge is 0.233 e. The minimum absolute atomic E-state index is 0.0399. The molecule has 4 atom stereocenters. The van der Waals surface area contributed by atoms with E-state index in [4.69, 9.17) is 0 Å². The summed E-state index contributed by atoms with van der Waals surface area (Å²) < 4.78 is 14.0. The van der Waals surface area contributed by atoms with E-state index in [0.717, 1.165) is 12.0 Å². The third-order valence-electron chi connectivity index (χ3n) is 5.86. The SMILES string of the molecule is CN=C(NCCN1C(=O)C2C3C=CC(C3)C2C1=O)NCc1ccc(Br)c(F)c1. The molecule has 1 heterocycles. The molecular weight excluding hydrogens is 427 g/mol. The number of nitrogens with zero attached hydrogens (tertiary/aromatic N) is 2. The van der Waals surface area contributed by atoms with Crippen molar-refractivity contribution in [2.45, 2.75) is 13.0 Å². The maximum atomic E-state index is 13.6. The Hall–Kier alpha value is -2.22. The molecule has 6 nitrogen and oxygen atoms in total. The molecule has 28 heavy (non-hydrogen) atoms. The first kappa shape index (κ1) is 19.1. The van der Waals surface area contributed by atoms with Crippen LogP contribution in [0.5, 0.6) is 0 Å². The average Bonchev–Trinajstić information content (AvgIpc) is 3.36. The molecule has 2 fully saturated rings. The van der Waals surface area contributed by atoms with Crippen molar-refractivity contribution < 1.29 is 14.0 Å². The highest BCUT2D eigenvalue weighted by atomic mass is 79.9. The van der Waals surface area contributed by atoms with Gasteiger partial charge >= 0.3 is 0 Å². The number of guanidine groups is 1. The normalized spacial score (nSPS) is 28.2. The molecule has 1 aliphatic heterocycles. The van der Waals surface area contributed by atoms with Crippen LogP contribution in [0, 0.1) is 29.5 Å². The zero-order valence-corrected chi connectivity index (χ0v) is 17.1. The predicted molar refractivity (Wildman–Crippen MR) is 107 cm³/mol. The number of rotatable bonds is 5. The number of hydrogen-bond donors (Lipinski definition) is 2. The number of carbonyl (C=O) groups is 2. The molecule has 0 radical (unpaired) electrons. The fraction of sp³-hybridized carbons (Fsp3) is 0.450. The van der Waals surface area contributed by atoms with E-state index in [2.05, 4.69) is 43.7 Å². The van der Waals surface area contributed by atoms with Crippen molar-refractivity contribution in [1.29, 1.82) is 0 Å². The minimum Gasteiger partial charge on any atom is -0.355 e. The Bertz CT molecular complexity index is 842. The number of fused-ring (bicyclic) bond motifs is 5. The summed E-state index contributed by atoms with van der Waals surface area (Å²) >= 11 is 3.13. The highest BCUT2D eigenvalue weighted by Gasteiger charge is 2.58. The number of aliphatic imine (C=N–C) groups is 1. The summed E-state index contributed by atoms with van der Waals surface area (Å²) in [5.41, 5.74) is 0.782. The first-order valence-corrected chi connectivity index (χ1v) is 10.2. The number of amides is 2. The van der Waals surface area contributed by atoms with Gasteiger partial charge in [0.1, 0.15) is 5.82 Å². The fourth-order valence-electron chi connectivity index (χ4n) is 4.53. The lowest BCUT2D eigenvalue weighted by atomic mass is 9.85. The fourth-order valence-corrected chi connectivity index (χ4v) is 4.77. The van der Waals surface area contributed by atoms with Gasteiger partial charge in [-0.3, -0.25) is 19.5 Å². The van der Waals surface area contributed by atoms with Gasteiger partial charge in [-0.25, -0.2) is 4.39 Å². The van der Waals surface area contributed by atoms with Gasteiger partial charge < -0.3 is 10.6 Å². The van der Waals surface area contributed by atoms with Crippen LogP contribution in [0.15, 0.2) is 39.8 Å². The van der Waals surface area contributed by atoms with Gasteiger partial charge in [-0.2, -0.15) is 0 Å². The van der Waals surface area contributed by atoms with Crippen molar-refractivity contribution in [3.8, 4) is 0 Å². The van der Waals surface area contributed by atoms with Gasteiger partial charge in [0.25, 0.3) is 0 Å². The first-order valence-electron chi connectivity index (χ1n) is 9.41. The minimum atomic E-state index is -0.317. The molecule has 2 aliphatic carbocycles. The van der Waals surface area contributed by atoms with Gasteiger partial charge in [-0.15, -0.1) is 0 Å². The van der Waals surface area contributed by atoms with E-state index >= 15 is 0 Å². The van der Waals surface area contributed by atoms with Crippen molar-refractivity contribution >= 4 is 33.7 Å². The number of hydrogen-bond acceptors (Lipinski definition) is 3. The molecular formula is C20H22BrFN4O2. The number of imide groups is 1. The van der Waals surface area contributed by atoms with Gasteiger partial charge in [0.15, 0.2) is 5.96 Å². The summed E-state index contributed by atoms with van der Waals surface area (Å²) in [5, 5.41) is 6.21. The molecule has 3 aliphatic rings. The van der Waals surface area contributed by atoms with E-state index in [1.54, 1.807) is 13.1 Å². The van der Waals surface area contributed by atoms with Crippen LogP contribution in [-0.2, 0) is 16.1 Å². The number of benzene rings is 1. The van der Waals surface area contributed by atoms with Crippen LogP contribution in [0.2, 0.25) is 0 Å². The summed E-state index contributed by atoms with van der Waals surface area (Å²) in [5.74, 6) is 0.269. The lowest BCUT2D eigenvalue weighted by molar-refractivity contribution is -0.140. The molecule has 4 rings (SSSR count). The maximum absolute atomic E-state index is 13.6. The summed E-state index contributed by atoms with van der Waals surface area (Å²) in [7, 11) is 1.64. The molecule has 1 saturated heterocycles. The third kappa shape index (κ3) is 3.34. The Morgan fingerprint density at radius 1 is 1.21 bits per heavy atom.